The molecule has 3 nitrogen and oxygen atoms in total. The molecule has 3 heteroatoms. The van der Waals surface area contributed by atoms with Crippen LogP contribution in [0.5, 0.6) is 5.75 Å². The van der Waals surface area contributed by atoms with Crippen LogP contribution >= 0.6 is 0 Å². The number of amides is 1. The van der Waals surface area contributed by atoms with E-state index in [1.807, 2.05) is 56.3 Å². The first-order valence-corrected chi connectivity index (χ1v) is 7.58. The van der Waals surface area contributed by atoms with Gasteiger partial charge < -0.3 is 10.1 Å². The minimum atomic E-state index is -0.0292. The summed E-state index contributed by atoms with van der Waals surface area (Å²) in [5.41, 5.74) is 3.44. The summed E-state index contributed by atoms with van der Waals surface area (Å²) in [6.45, 7) is 6.50. The van der Waals surface area contributed by atoms with E-state index in [2.05, 4.69) is 18.3 Å². The Balaban J connectivity index is 1.81. The molecule has 0 saturated carbocycles. The van der Waals surface area contributed by atoms with E-state index in [9.17, 15) is 4.79 Å². The summed E-state index contributed by atoms with van der Waals surface area (Å²) in [6, 6.07) is 15.8. The molecule has 22 heavy (non-hydrogen) atoms. The highest BCUT2D eigenvalue weighted by molar-refractivity contribution is 5.79. The van der Waals surface area contributed by atoms with Crippen molar-refractivity contribution in [3.63, 3.8) is 0 Å². The van der Waals surface area contributed by atoms with E-state index < -0.39 is 0 Å². The molecular weight excluding hydrogens is 274 g/mol. The van der Waals surface area contributed by atoms with Crippen molar-refractivity contribution in [3.05, 3.63) is 65.2 Å². The van der Waals surface area contributed by atoms with Crippen LogP contribution in [0.25, 0.3) is 0 Å². The molecule has 0 aliphatic carbocycles. The van der Waals surface area contributed by atoms with Crippen molar-refractivity contribution in [2.45, 2.75) is 33.2 Å². The molecule has 0 aromatic heterocycles. The predicted molar refractivity (Wildman–Crippen MR) is 89.2 cm³/mol. The first-order chi connectivity index (χ1) is 10.5. The van der Waals surface area contributed by atoms with Crippen LogP contribution in [0.2, 0.25) is 0 Å². The molecule has 1 atom stereocenters. The Kier molecular flexibility index (Phi) is 5.59. The Morgan fingerprint density at radius 3 is 2.55 bits per heavy atom. The number of carbonyl (C=O) groups is 1. The number of hydrogen-bond acceptors (Lipinski definition) is 2. The lowest BCUT2D eigenvalue weighted by atomic mass is 10.0. The van der Waals surface area contributed by atoms with Crippen LogP contribution in [0, 0.1) is 13.8 Å². The van der Waals surface area contributed by atoms with Gasteiger partial charge >= 0.3 is 0 Å². The van der Waals surface area contributed by atoms with E-state index in [-0.39, 0.29) is 11.9 Å². The van der Waals surface area contributed by atoms with E-state index in [0.29, 0.717) is 13.0 Å². The molecule has 0 spiro atoms. The van der Waals surface area contributed by atoms with Gasteiger partial charge in [0.25, 0.3) is 0 Å². The van der Waals surface area contributed by atoms with Crippen LogP contribution in [0.15, 0.2) is 48.5 Å². The van der Waals surface area contributed by atoms with Gasteiger partial charge in [0, 0.05) is 0 Å². The molecule has 0 unspecified atom stereocenters. The van der Waals surface area contributed by atoms with Crippen LogP contribution in [0.4, 0.5) is 0 Å². The number of nitrogens with one attached hydrogen (secondary N) is 1. The van der Waals surface area contributed by atoms with Gasteiger partial charge in [-0.05, 0) is 44.0 Å². The largest absolute Gasteiger partial charge is 0.491 e. The van der Waals surface area contributed by atoms with Gasteiger partial charge in [0.15, 0.2) is 0 Å². The zero-order chi connectivity index (χ0) is 15.9. The Morgan fingerprint density at radius 2 is 1.86 bits per heavy atom. The fraction of sp³-hybridized carbons (Fsp3) is 0.316. The van der Waals surface area contributed by atoms with Crippen LogP contribution in [0.3, 0.4) is 0 Å². The van der Waals surface area contributed by atoms with E-state index in [4.69, 9.17) is 4.74 Å². The first kappa shape index (κ1) is 16.1. The van der Waals surface area contributed by atoms with Gasteiger partial charge in [-0.1, -0.05) is 42.0 Å². The molecule has 0 fully saturated rings. The maximum Gasteiger partial charge on any atom is 0.224 e. The van der Waals surface area contributed by atoms with Gasteiger partial charge in [-0.2, -0.15) is 0 Å². The monoisotopic (exact) mass is 297 g/mol. The minimum absolute atomic E-state index is 0.0242. The van der Waals surface area contributed by atoms with E-state index in [1.165, 1.54) is 5.56 Å². The third-order valence-electron chi connectivity index (χ3n) is 3.50. The normalized spacial score (nSPS) is 11.8. The molecule has 1 amide bonds. The average Bonchev–Trinajstić information content (AvgIpc) is 2.49. The second-order valence-corrected chi connectivity index (χ2v) is 5.70. The number of para-hydroxylation sites is 1. The molecular formula is C19H23NO2. The molecule has 0 aliphatic rings. The highest BCUT2D eigenvalue weighted by Gasteiger charge is 2.10. The van der Waals surface area contributed by atoms with Crippen molar-refractivity contribution in [2.24, 2.45) is 0 Å². The van der Waals surface area contributed by atoms with Gasteiger partial charge in [0.05, 0.1) is 12.5 Å². The quantitative estimate of drug-likeness (QED) is 0.887. The van der Waals surface area contributed by atoms with E-state index in [0.717, 1.165) is 16.9 Å². The fourth-order valence-electron chi connectivity index (χ4n) is 2.32. The van der Waals surface area contributed by atoms with Crippen molar-refractivity contribution in [1.29, 1.82) is 0 Å². The van der Waals surface area contributed by atoms with Crippen molar-refractivity contribution in [2.75, 3.05) is 6.61 Å². The van der Waals surface area contributed by atoms with Crippen LogP contribution in [0.1, 0.15) is 23.6 Å². The Morgan fingerprint density at radius 1 is 1.14 bits per heavy atom. The zero-order valence-electron chi connectivity index (χ0n) is 13.4. The van der Waals surface area contributed by atoms with Crippen LogP contribution < -0.4 is 10.1 Å². The van der Waals surface area contributed by atoms with Crippen molar-refractivity contribution in [1.82, 2.24) is 5.32 Å². The third-order valence-corrected chi connectivity index (χ3v) is 3.50. The summed E-state index contributed by atoms with van der Waals surface area (Å²) in [5.74, 6) is 0.842. The third kappa shape index (κ3) is 4.92. The predicted octanol–water partition coefficient (Wildman–Crippen LogP) is 3.43. The summed E-state index contributed by atoms with van der Waals surface area (Å²) >= 11 is 0. The molecule has 0 heterocycles. The lowest BCUT2D eigenvalue weighted by molar-refractivity contribution is -0.121. The Labute approximate surface area is 132 Å². The standard InChI is InChI=1S/C19H23NO2/c1-14-9-10-17(15(2)11-14)12-19(21)20-16(3)13-22-18-7-5-4-6-8-18/h4-11,16H,12-13H2,1-3H3,(H,20,21)/t16-/m0/s1. The summed E-state index contributed by atoms with van der Waals surface area (Å²) in [5, 5.41) is 2.98. The van der Waals surface area contributed by atoms with Crippen molar-refractivity contribution in [3.8, 4) is 5.75 Å². The number of aryl methyl sites for hydroxylation is 2. The summed E-state index contributed by atoms with van der Waals surface area (Å²) in [4.78, 5) is 12.1. The Bertz CT molecular complexity index is 623. The molecule has 0 saturated heterocycles. The number of carbonyl (C=O) groups excluding carboxylic acids is 1. The fourth-order valence-corrected chi connectivity index (χ4v) is 2.32. The topological polar surface area (TPSA) is 38.3 Å². The SMILES string of the molecule is Cc1ccc(CC(=O)N[C@@H](C)COc2ccccc2)c(C)c1. The molecule has 116 valence electrons. The number of ether oxygens (including phenoxy) is 1. The second-order valence-electron chi connectivity index (χ2n) is 5.70. The van der Waals surface area contributed by atoms with Crippen LogP contribution in [-0.4, -0.2) is 18.6 Å². The highest BCUT2D eigenvalue weighted by Crippen LogP contribution is 2.11. The summed E-state index contributed by atoms with van der Waals surface area (Å²) in [7, 11) is 0. The maximum absolute atomic E-state index is 12.1. The van der Waals surface area contributed by atoms with E-state index in [1.54, 1.807) is 0 Å². The smallest absolute Gasteiger partial charge is 0.224 e. The lowest BCUT2D eigenvalue weighted by Gasteiger charge is -2.15. The van der Waals surface area contributed by atoms with Gasteiger partial charge in [0.2, 0.25) is 5.91 Å². The first-order valence-electron chi connectivity index (χ1n) is 7.58. The lowest BCUT2D eigenvalue weighted by Crippen LogP contribution is -2.37. The van der Waals surface area contributed by atoms with Gasteiger partial charge in [-0.3, -0.25) is 4.79 Å². The number of hydrogen-bond donors (Lipinski definition) is 1. The average molecular weight is 297 g/mol. The van der Waals surface area contributed by atoms with Crippen molar-refractivity contribution >= 4 is 5.91 Å². The van der Waals surface area contributed by atoms with Gasteiger partial charge in [-0.15, -0.1) is 0 Å². The number of rotatable bonds is 6. The van der Waals surface area contributed by atoms with Crippen LogP contribution in [-0.2, 0) is 11.2 Å². The molecule has 2 rings (SSSR count). The van der Waals surface area contributed by atoms with Crippen molar-refractivity contribution < 1.29 is 9.53 Å². The van der Waals surface area contributed by atoms with E-state index >= 15 is 0 Å². The molecule has 2 aromatic carbocycles. The van der Waals surface area contributed by atoms with Gasteiger partial charge in [0.1, 0.15) is 12.4 Å². The summed E-state index contributed by atoms with van der Waals surface area (Å²) < 4.78 is 5.64. The number of benzene rings is 2. The molecule has 0 aliphatic heterocycles. The maximum atomic E-state index is 12.1. The molecule has 2 aromatic rings. The Hall–Kier alpha value is -2.29. The molecule has 0 bridgehead atoms. The highest BCUT2D eigenvalue weighted by atomic mass is 16.5. The second kappa shape index (κ2) is 7.64. The molecule has 1 N–H and O–H groups in total. The molecule has 0 radical (unpaired) electrons. The minimum Gasteiger partial charge on any atom is -0.491 e. The van der Waals surface area contributed by atoms with Gasteiger partial charge in [-0.25, -0.2) is 0 Å². The summed E-state index contributed by atoms with van der Waals surface area (Å²) in [6.07, 6.45) is 0.405. The zero-order valence-corrected chi connectivity index (χ0v) is 13.4.